The van der Waals surface area contributed by atoms with E-state index in [2.05, 4.69) is 125 Å². The van der Waals surface area contributed by atoms with Crippen molar-refractivity contribution in [2.45, 2.75) is 119 Å². The number of hydrogen-bond acceptors (Lipinski definition) is 35. The number of nitrogens with one attached hydrogen (secondary N) is 8. The summed E-state index contributed by atoms with van der Waals surface area (Å²) >= 11 is 13.6. The molecule has 25 rings (SSSR count). The fraction of sp³-hybridized carbons (Fsp3) is 0.327. The fourth-order valence-corrected chi connectivity index (χ4v) is 20.9. The van der Waals surface area contributed by atoms with E-state index >= 15 is 0 Å². The van der Waals surface area contributed by atoms with Crippen molar-refractivity contribution in [1.29, 1.82) is 10.5 Å². The smallest absolute Gasteiger partial charge is 0.203 e. The van der Waals surface area contributed by atoms with Crippen molar-refractivity contribution in [1.82, 2.24) is 150 Å². The van der Waals surface area contributed by atoms with Crippen molar-refractivity contribution in [2.75, 3.05) is 120 Å². The van der Waals surface area contributed by atoms with Crippen LogP contribution in [0.3, 0.4) is 0 Å². The van der Waals surface area contributed by atoms with Gasteiger partial charge >= 0.3 is 0 Å². The number of benzene rings is 1. The van der Waals surface area contributed by atoms with Gasteiger partial charge in [0.1, 0.15) is 76.6 Å². The van der Waals surface area contributed by atoms with E-state index in [-0.39, 0.29) is 30.1 Å². The lowest BCUT2D eigenvalue weighted by atomic mass is 9.95. The molecule has 22 N–H and O–H groups in total. The fourth-order valence-electron chi connectivity index (χ4n) is 19.4. The van der Waals surface area contributed by atoms with Crippen LogP contribution in [0.25, 0.3) is 101 Å². The monoisotopic (exact) mass is 2100 g/mol. The van der Waals surface area contributed by atoms with Gasteiger partial charge < -0.3 is 89.9 Å². The highest BCUT2D eigenvalue weighted by Crippen LogP contribution is 2.42. The number of nitriles is 2. The molecule has 6 saturated heterocycles. The van der Waals surface area contributed by atoms with Gasteiger partial charge in [-0.25, -0.2) is 29.9 Å². The van der Waals surface area contributed by atoms with Crippen LogP contribution >= 0.6 is 43.5 Å². The van der Waals surface area contributed by atoms with Gasteiger partial charge in [0.25, 0.3) is 0 Å². The third kappa shape index (κ3) is 20.4. The topological polar surface area (TPSA) is 624 Å². The lowest BCUT2D eigenvalue weighted by molar-refractivity contribution is 0.241. The van der Waals surface area contributed by atoms with E-state index in [0.29, 0.717) is 92.2 Å². The number of oxime groups is 1. The number of halogens is 3. The highest BCUT2D eigenvalue weighted by atomic mass is 79.9. The first-order valence-corrected chi connectivity index (χ1v) is 50.0. The van der Waals surface area contributed by atoms with Crippen LogP contribution in [-0.4, -0.2) is 219 Å². The van der Waals surface area contributed by atoms with Gasteiger partial charge in [-0.3, -0.25) is 14.9 Å². The molecule has 7 atom stereocenters. The van der Waals surface area contributed by atoms with Gasteiger partial charge in [-0.15, -0.1) is 0 Å². The Balaban J connectivity index is 0.000000106. The molecule has 0 saturated carbocycles. The average Bonchev–Trinajstić information content (AvgIpc) is 1.61. The number of fused-ring (bicyclic) bond motifs is 6. The number of nitrogens with two attached hydrogens (primary N) is 6. The second kappa shape index (κ2) is 43.8. The number of nitrogens with zero attached hydrogens (tertiary/aromatic N) is 25. The summed E-state index contributed by atoms with van der Waals surface area (Å²) in [7, 11) is 0. The third-order valence-electron chi connectivity index (χ3n) is 27.1. The maximum Gasteiger partial charge on any atom is 0.203 e. The Kier molecular flexibility index (Phi) is 29.4. The van der Waals surface area contributed by atoms with Crippen molar-refractivity contribution < 1.29 is 23.6 Å². The maximum atomic E-state index is 9.95. The summed E-state index contributed by atoms with van der Waals surface area (Å²) in [5, 5.41) is 105. The molecule has 6 fully saturated rings. The predicted molar refractivity (Wildman–Crippen MR) is 554 cm³/mol. The molecule has 1 aromatic carbocycles. The molecule has 0 bridgehead atoms. The van der Waals surface area contributed by atoms with E-state index in [1.165, 1.54) is 29.7 Å². The first kappa shape index (κ1) is 97.1. The Morgan fingerprint density at radius 1 is 0.421 bits per heavy atom. The summed E-state index contributed by atoms with van der Waals surface area (Å²) in [6.45, 7) is 11.7. The van der Waals surface area contributed by atoms with Gasteiger partial charge in [0.05, 0.1) is 118 Å². The zero-order valence-electron chi connectivity index (χ0n) is 78.7. The zero-order valence-corrected chi connectivity index (χ0v) is 82.6. The highest BCUT2D eigenvalue weighted by Gasteiger charge is 2.32. The molecule has 44 nitrogen and oxygen atoms in total. The SMILES string of the molecule is N#Cc1cc(-c2cnn3c(N)c(Br)c(C4CCCNC4)nc23)co1.N#Cc1cc(-c2cnn3c(N)c(Cl)c(C4CCCNC4)nc23)co1.Nc1c(Br)c(C2CCCNC2)nc2c(-c3cn[nH]c3)cnn12.Nc1cc(C2CCCNC2)nc2c(-c3cn[nH]c3)cnn12.Nc1cc(C2CCCNC2)nc2c(-c3cnn(C(CO)c4ccccc4)c3)cnn12.Nc1cc(C2CCCNC2)nc2c(-c3coc(C=NO)c3)cnn12. The van der Waals surface area contributed by atoms with E-state index < -0.39 is 0 Å². The minimum absolute atomic E-state index is 0.0378. The second-order valence-electron chi connectivity index (χ2n) is 36.3. The predicted octanol–water partition coefficient (Wildman–Crippen LogP) is 12.4. The molecule has 0 amide bonds. The second-order valence-corrected chi connectivity index (χ2v) is 38.3. The van der Waals surface area contributed by atoms with E-state index in [1.807, 2.05) is 79.3 Å². The molecular formula is C98H106Br2ClN39O5. The van der Waals surface area contributed by atoms with Crippen molar-refractivity contribution in [2.24, 2.45) is 5.16 Å². The van der Waals surface area contributed by atoms with Gasteiger partial charge in [-0.05, 0) is 160 Å². The number of H-pyrrole nitrogens is 2. The van der Waals surface area contributed by atoms with Crippen molar-refractivity contribution >= 4 is 118 Å². The van der Waals surface area contributed by atoms with Crippen LogP contribution in [0.1, 0.15) is 176 Å². The van der Waals surface area contributed by atoms with Crippen LogP contribution < -0.4 is 66.3 Å². The number of aromatic amines is 2. The normalized spacial score (nSPS) is 18.4. The molecule has 6 aliphatic heterocycles. The molecule has 19 aromatic rings. The Morgan fingerprint density at radius 3 is 1.14 bits per heavy atom. The minimum Gasteiger partial charge on any atom is -0.463 e. The van der Waals surface area contributed by atoms with Gasteiger partial charge in [-0.2, -0.15) is 83.5 Å². The number of aromatic nitrogens is 24. The Hall–Kier alpha value is -15.4. The van der Waals surface area contributed by atoms with Gasteiger partial charge in [0, 0.05) is 190 Å². The summed E-state index contributed by atoms with van der Waals surface area (Å²) in [6, 6.07) is 24.5. The molecule has 6 aliphatic rings. The Morgan fingerprint density at radius 2 is 0.772 bits per heavy atom. The van der Waals surface area contributed by atoms with Crippen LogP contribution in [-0.2, 0) is 0 Å². The van der Waals surface area contributed by atoms with Crippen molar-refractivity contribution in [3.63, 3.8) is 0 Å². The van der Waals surface area contributed by atoms with Crippen LogP contribution in [0.15, 0.2) is 187 Å². The zero-order chi connectivity index (χ0) is 99.7. The minimum atomic E-state index is -0.247. The van der Waals surface area contributed by atoms with Gasteiger partial charge in [-0.1, -0.05) is 47.1 Å². The van der Waals surface area contributed by atoms with Crippen LogP contribution in [0.2, 0.25) is 5.02 Å². The molecular weight excluding hydrogens is 2000 g/mol. The first-order valence-electron chi connectivity index (χ1n) is 48.0. The largest absolute Gasteiger partial charge is 0.463 e. The summed E-state index contributed by atoms with van der Waals surface area (Å²) in [4.78, 5) is 29.0. The number of nitrogen functional groups attached to an aromatic ring is 6. The molecule has 47 heteroatoms. The Bertz CT molecular complexity index is 7700. The van der Waals surface area contributed by atoms with Gasteiger partial charge in [0.2, 0.25) is 11.5 Å². The van der Waals surface area contributed by atoms with Crippen LogP contribution in [0.5, 0.6) is 0 Å². The standard InChI is InChI=1S/C22H25N7O.C16H15BrN6O.C16H15ClN6O.C16H18N6O2.C14H16BrN7.C14H17N7/c23-21-9-19(16-7-4-8-24-10-16)27-22-18(12-26-29(21)22)17-11-25-28(13-17)20(14-30)15-5-2-1-3-6-15;2*17-13-14(9-2-1-3-20-6-9)22-16-12(7-21-23(16)15(13)19)10-4-11(5-18)24-8-10;17-15-5-14(10-2-1-3-18-6-10)21-16-13(8-19-22(15)16)11-4-12(7-20-23)24-9-11;15-11-12(8-2-1-3-17-4-8)21-14-10(9-5-18-19-6-9)7-20-22(14)13(11)16;15-13-4-12(9-2-1-3-16-5-9)20-14-11(8-19-21(13)14)10-6-17-18-7-10/h1-3,5-6,9,11-13,16,20,24,30H,4,7-8,10,14,23H2;2*4,7-9,20H,1-3,6,19H2;4-5,7-10,18,23H,1-3,6,17H2;5-8,17H,1-4,16H2,(H,18,19);4,6-9,16H,1-3,5,15H2,(H,17,18). The summed E-state index contributed by atoms with van der Waals surface area (Å²) in [5.74, 6) is 6.21. The average molecular weight is 2110 g/mol. The highest BCUT2D eigenvalue weighted by molar-refractivity contribution is 9.11. The Labute approximate surface area is 849 Å². The number of furan rings is 3. The summed E-state index contributed by atoms with van der Waals surface area (Å²) in [6.07, 6.45) is 40.5. The summed E-state index contributed by atoms with van der Waals surface area (Å²) < 4.78 is 29.0. The van der Waals surface area contributed by atoms with Crippen molar-refractivity contribution in [3.8, 4) is 78.9 Å². The number of piperidine rings is 6. The number of aliphatic hydroxyl groups is 1. The lowest BCUT2D eigenvalue weighted by Crippen LogP contribution is -2.29. The van der Waals surface area contributed by atoms with Crippen LogP contribution in [0, 0.1) is 22.7 Å². The van der Waals surface area contributed by atoms with E-state index in [0.717, 1.165) is 282 Å². The molecule has 0 aliphatic carbocycles. The maximum absolute atomic E-state index is 9.95. The van der Waals surface area contributed by atoms with Crippen LogP contribution in [0.4, 0.5) is 34.9 Å². The van der Waals surface area contributed by atoms with E-state index in [4.69, 9.17) is 105 Å². The molecule has 24 heterocycles. The molecule has 145 heavy (non-hydrogen) atoms. The van der Waals surface area contributed by atoms with Gasteiger partial charge in [0.15, 0.2) is 33.9 Å². The first-order chi connectivity index (χ1) is 71.0. The number of hydrogen-bond donors (Lipinski definition) is 16. The quantitative estimate of drug-likeness (QED) is 0.0243. The third-order valence-corrected chi connectivity index (χ3v) is 29.1. The van der Waals surface area contributed by atoms with E-state index in [9.17, 15) is 5.11 Å². The number of anilines is 6. The molecule has 0 radical (unpaired) electrons. The summed E-state index contributed by atoms with van der Waals surface area (Å²) in [5.41, 5.74) is 58.6. The molecule has 7 unspecified atom stereocenters. The van der Waals surface area contributed by atoms with E-state index in [1.54, 1.807) is 107 Å². The molecule has 18 aromatic heterocycles. The molecule has 744 valence electrons. The van der Waals surface area contributed by atoms with Crippen molar-refractivity contribution in [3.05, 3.63) is 231 Å². The lowest BCUT2D eigenvalue weighted by Gasteiger charge is -2.23. The number of aliphatic hydroxyl groups excluding tert-OH is 1. The number of rotatable bonds is 16. The molecule has 0 spiro atoms.